The average molecular weight is 542 g/mol. The number of aromatic nitrogens is 2. The fourth-order valence-corrected chi connectivity index (χ4v) is 4.91. The van der Waals surface area contributed by atoms with Crippen molar-refractivity contribution in [1.82, 2.24) is 10.1 Å². The zero-order chi connectivity index (χ0) is 28.3. The first-order valence-corrected chi connectivity index (χ1v) is 13.0. The summed E-state index contributed by atoms with van der Waals surface area (Å²) in [6.45, 7) is 4.78. The summed E-state index contributed by atoms with van der Waals surface area (Å²) in [5.74, 6) is -0.105. The van der Waals surface area contributed by atoms with Crippen molar-refractivity contribution >= 4 is 29.5 Å². The van der Waals surface area contributed by atoms with Crippen molar-refractivity contribution in [2.75, 3.05) is 29.7 Å². The van der Waals surface area contributed by atoms with Crippen molar-refractivity contribution in [3.8, 4) is 22.6 Å². The number of carboxylic acids is 1. The minimum atomic E-state index is -0.748. The molecule has 1 saturated carbocycles. The Labute approximate surface area is 231 Å². The molecule has 3 heterocycles. The van der Waals surface area contributed by atoms with Crippen LogP contribution in [0.3, 0.4) is 0 Å². The normalized spacial score (nSPS) is 14.9. The highest BCUT2D eigenvalue weighted by molar-refractivity contribution is 5.97. The molecular formula is C30H31N5O5. The number of carbonyl (C=O) groups is 2. The van der Waals surface area contributed by atoms with Gasteiger partial charge in [0.2, 0.25) is 0 Å². The van der Waals surface area contributed by atoms with Crippen LogP contribution in [0.5, 0.6) is 0 Å². The van der Waals surface area contributed by atoms with Crippen LogP contribution in [0, 0.1) is 6.92 Å². The molecule has 0 bridgehead atoms. The molecule has 2 aliphatic rings. The molecule has 2 aromatic carbocycles. The standard InChI is InChI=1S/C21H21N5O3.C9H10O2/c1-11-15(22-2)19(29-26-11)14-9-23-16(18-17(14)24-10-25-18)12-3-5-13(6-4-12)21(7-8-21)20(27)28;1-8(11-7-10)9-5-3-2-4-6-9/h3-6,9,22,24-25H,7-8,10H2,1-2H3,(H,27,28);2-8H,1H3. The van der Waals surface area contributed by atoms with E-state index < -0.39 is 11.4 Å². The van der Waals surface area contributed by atoms with E-state index in [2.05, 4.69) is 26.1 Å². The van der Waals surface area contributed by atoms with Gasteiger partial charge in [-0.25, -0.2) is 0 Å². The molecule has 1 atom stereocenters. The third-order valence-electron chi connectivity index (χ3n) is 7.37. The van der Waals surface area contributed by atoms with Crippen molar-refractivity contribution in [2.45, 2.75) is 38.2 Å². The van der Waals surface area contributed by atoms with Crippen molar-refractivity contribution in [1.29, 1.82) is 0 Å². The smallest absolute Gasteiger partial charge is 0.314 e. The molecule has 1 aliphatic heterocycles. The Balaban J connectivity index is 0.000000248. The zero-order valence-corrected chi connectivity index (χ0v) is 22.5. The van der Waals surface area contributed by atoms with Gasteiger partial charge in [-0.15, -0.1) is 0 Å². The lowest BCUT2D eigenvalue weighted by Gasteiger charge is -2.13. The molecule has 0 spiro atoms. The highest BCUT2D eigenvalue weighted by atomic mass is 16.5. The van der Waals surface area contributed by atoms with Gasteiger partial charge in [0.15, 0.2) is 5.76 Å². The van der Waals surface area contributed by atoms with E-state index in [1.165, 1.54) is 0 Å². The van der Waals surface area contributed by atoms with Crippen LogP contribution in [0.25, 0.3) is 22.6 Å². The van der Waals surface area contributed by atoms with Crippen LogP contribution >= 0.6 is 0 Å². The summed E-state index contributed by atoms with van der Waals surface area (Å²) in [6.07, 6.45) is 3.02. The van der Waals surface area contributed by atoms with Crippen LogP contribution in [-0.2, 0) is 19.7 Å². The van der Waals surface area contributed by atoms with Gasteiger partial charge in [0.05, 0.1) is 34.7 Å². The molecule has 1 fully saturated rings. The van der Waals surface area contributed by atoms with Gasteiger partial charge >= 0.3 is 5.97 Å². The average Bonchev–Trinajstić information content (AvgIpc) is 3.50. The van der Waals surface area contributed by atoms with E-state index in [-0.39, 0.29) is 6.10 Å². The second-order valence-electron chi connectivity index (χ2n) is 9.77. The SMILES string of the molecule is CC(OC=O)c1ccccc1.CNc1c(C)noc1-c1cnc(-c2ccc(C3(C(=O)O)CC3)cc2)c2c1NCN2. The Morgan fingerprint density at radius 2 is 1.82 bits per heavy atom. The van der Waals surface area contributed by atoms with Crippen LogP contribution in [0.1, 0.15) is 42.7 Å². The number of pyridine rings is 1. The molecule has 10 heteroatoms. The van der Waals surface area contributed by atoms with E-state index in [1.54, 1.807) is 6.20 Å². The maximum Gasteiger partial charge on any atom is 0.314 e. The molecule has 40 heavy (non-hydrogen) atoms. The van der Waals surface area contributed by atoms with Gasteiger partial charge in [0, 0.05) is 18.8 Å². The summed E-state index contributed by atoms with van der Waals surface area (Å²) >= 11 is 0. The predicted octanol–water partition coefficient (Wildman–Crippen LogP) is 5.59. The third-order valence-corrected chi connectivity index (χ3v) is 7.37. The molecule has 2 aromatic heterocycles. The van der Waals surface area contributed by atoms with Crippen molar-refractivity contribution in [2.24, 2.45) is 0 Å². The Bertz CT molecular complexity index is 1510. The highest BCUT2D eigenvalue weighted by Gasteiger charge is 2.51. The number of hydrogen-bond acceptors (Lipinski definition) is 9. The Morgan fingerprint density at radius 1 is 1.12 bits per heavy atom. The van der Waals surface area contributed by atoms with Gasteiger partial charge < -0.3 is 30.3 Å². The summed E-state index contributed by atoms with van der Waals surface area (Å²) in [7, 11) is 1.84. The molecule has 1 aliphatic carbocycles. The first kappa shape index (κ1) is 26.7. The summed E-state index contributed by atoms with van der Waals surface area (Å²) in [6, 6.07) is 17.3. The summed E-state index contributed by atoms with van der Waals surface area (Å²) in [5.41, 5.74) is 7.16. The minimum Gasteiger partial charge on any atom is -0.481 e. The number of nitrogens with zero attached hydrogens (tertiary/aromatic N) is 2. The number of aryl methyl sites for hydroxylation is 1. The Kier molecular flexibility index (Phi) is 7.41. The fourth-order valence-electron chi connectivity index (χ4n) is 4.91. The summed E-state index contributed by atoms with van der Waals surface area (Å²) in [4.78, 5) is 26.2. The van der Waals surface area contributed by atoms with Crippen LogP contribution in [0.15, 0.2) is 65.3 Å². The topological polar surface area (TPSA) is 139 Å². The maximum absolute atomic E-state index is 11.6. The molecule has 10 nitrogen and oxygen atoms in total. The largest absolute Gasteiger partial charge is 0.481 e. The van der Waals surface area contributed by atoms with E-state index in [0.29, 0.717) is 31.7 Å². The predicted molar refractivity (Wildman–Crippen MR) is 152 cm³/mol. The number of aliphatic carboxylic acids is 1. The molecule has 206 valence electrons. The van der Waals surface area contributed by atoms with Crippen LogP contribution < -0.4 is 16.0 Å². The number of carboxylic acid groups (broad SMARTS) is 1. The highest BCUT2D eigenvalue weighted by Crippen LogP contribution is 2.49. The number of benzene rings is 2. The monoisotopic (exact) mass is 541 g/mol. The number of rotatable bonds is 8. The molecule has 4 N–H and O–H groups in total. The first-order chi connectivity index (χ1) is 19.4. The maximum atomic E-state index is 11.6. The van der Waals surface area contributed by atoms with Crippen molar-refractivity contribution in [3.63, 3.8) is 0 Å². The number of carbonyl (C=O) groups excluding carboxylic acids is 1. The Morgan fingerprint density at radius 3 is 2.45 bits per heavy atom. The Hall–Kier alpha value is -4.86. The lowest BCUT2D eigenvalue weighted by Crippen LogP contribution is -2.19. The van der Waals surface area contributed by atoms with Gasteiger partial charge in [-0.1, -0.05) is 59.8 Å². The van der Waals surface area contributed by atoms with E-state index in [4.69, 9.17) is 9.26 Å². The molecular weight excluding hydrogens is 510 g/mol. The number of fused-ring (bicyclic) bond motifs is 1. The third kappa shape index (κ3) is 4.95. The lowest BCUT2D eigenvalue weighted by atomic mass is 9.94. The summed E-state index contributed by atoms with van der Waals surface area (Å²) < 4.78 is 10.3. The molecule has 6 rings (SSSR count). The zero-order valence-electron chi connectivity index (χ0n) is 22.5. The van der Waals surface area contributed by atoms with E-state index in [0.717, 1.165) is 50.7 Å². The second-order valence-corrected chi connectivity index (χ2v) is 9.77. The number of hydrogen-bond donors (Lipinski definition) is 4. The van der Waals surface area contributed by atoms with E-state index >= 15 is 0 Å². The van der Waals surface area contributed by atoms with Gasteiger partial charge in [-0.05, 0) is 37.8 Å². The minimum absolute atomic E-state index is 0.145. The van der Waals surface area contributed by atoms with Gasteiger partial charge in [-0.3, -0.25) is 14.6 Å². The van der Waals surface area contributed by atoms with E-state index in [9.17, 15) is 14.7 Å². The van der Waals surface area contributed by atoms with Crippen molar-refractivity contribution < 1.29 is 24.0 Å². The second kappa shape index (κ2) is 11.1. The number of ether oxygens (including phenoxy) is 1. The van der Waals surface area contributed by atoms with Crippen LogP contribution in [0.2, 0.25) is 0 Å². The molecule has 0 radical (unpaired) electrons. The van der Waals surface area contributed by atoms with Crippen molar-refractivity contribution in [3.05, 3.63) is 77.6 Å². The lowest BCUT2D eigenvalue weighted by molar-refractivity contribution is -0.140. The number of anilines is 3. The van der Waals surface area contributed by atoms with Crippen LogP contribution in [-0.4, -0.2) is 41.4 Å². The van der Waals surface area contributed by atoms with Gasteiger partial charge in [-0.2, -0.15) is 0 Å². The fraction of sp³-hybridized carbons (Fsp3) is 0.267. The molecule has 1 unspecified atom stereocenters. The number of nitrogens with one attached hydrogen (secondary N) is 3. The summed E-state index contributed by atoms with van der Waals surface area (Å²) in [5, 5.41) is 23.4. The van der Waals surface area contributed by atoms with Crippen LogP contribution in [0.4, 0.5) is 17.1 Å². The quantitative estimate of drug-likeness (QED) is 0.209. The van der Waals surface area contributed by atoms with E-state index in [1.807, 2.05) is 75.5 Å². The van der Waals surface area contributed by atoms with Gasteiger partial charge in [0.25, 0.3) is 6.47 Å². The molecule has 4 aromatic rings. The van der Waals surface area contributed by atoms with Gasteiger partial charge in [0.1, 0.15) is 17.5 Å². The molecule has 0 amide bonds. The molecule has 0 saturated heterocycles. The first-order valence-electron chi connectivity index (χ1n) is 13.0.